The normalized spacial score (nSPS) is 15.9. The van der Waals surface area contributed by atoms with E-state index in [-0.39, 0.29) is 0 Å². The molecule has 0 amide bonds. The lowest BCUT2D eigenvalue weighted by molar-refractivity contribution is 0.897. The number of anilines is 2. The fraction of sp³-hybridized carbons (Fsp3) is 0.389. The summed E-state index contributed by atoms with van der Waals surface area (Å²) in [5.74, 6) is 1.30. The summed E-state index contributed by atoms with van der Waals surface area (Å²) in [5, 5.41) is 8.06. The molecule has 1 aromatic carbocycles. The molecule has 5 heteroatoms. The lowest BCUT2D eigenvalue weighted by Gasteiger charge is -2.14. The van der Waals surface area contributed by atoms with Crippen LogP contribution in [0, 0.1) is 6.92 Å². The maximum absolute atomic E-state index is 4.55. The van der Waals surface area contributed by atoms with Crippen LogP contribution in [0.5, 0.6) is 0 Å². The molecular weight excluding hydrogens is 286 g/mol. The first-order valence-electron chi connectivity index (χ1n) is 8.41. The molecule has 5 nitrogen and oxygen atoms in total. The third kappa shape index (κ3) is 2.03. The van der Waals surface area contributed by atoms with Gasteiger partial charge in [-0.2, -0.15) is 4.98 Å². The summed E-state index contributed by atoms with van der Waals surface area (Å²) in [7, 11) is 0. The van der Waals surface area contributed by atoms with Gasteiger partial charge in [-0.05, 0) is 73.8 Å². The van der Waals surface area contributed by atoms with E-state index < -0.39 is 0 Å². The number of aryl methyl sites for hydroxylation is 3. The largest absolute Gasteiger partial charge is 0.322 e. The van der Waals surface area contributed by atoms with Crippen molar-refractivity contribution in [2.45, 2.75) is 45.4 Å². The Morgan fingerprint density at radius 1 is 1.00 bits per heavy atom. The third-order valence-corrected chi connectivity index (χ3v) is 5.06. The van der Waals surface area contributed by atoms with Crippen LogP contribution in [-0.2, 0) is 25.7 Å². The Morgan fingerprint density at radius 3 is 2.48 bits per heavy atom. The smallest absolute Gasteiger partial charge is 0.254 e. The van der Waals surface area contributed by atoms with Gasteiger partial charge in [0.05, 0.1) is 0 Å². The van der Waals surface area contributed by atoms with Crippen LogP contribution in [0.3, 0.4) is 0 Å². The van der Waals surface area contributed by atoms with Gasteiger partial charge in [-0.3, -0.25) is 0 Å². The minimum atomic E-state index is 0.650. The highest BCUT2D eigenvalue weighted by atomic mass is 15.4. The van der Waals surface area contributed by atoms with E-state index in [1.54, 1.807) is 4.52 Å². The van der Waals surface area contributed by atoms with E-state index in [0.717, 1.165) is 18.5 Å². The van der Waals surface area contributed by atoms with Gasteiger partial charge in [0.1, 0.15) is 0 Å². The summed E-state index contributed by atoms with van der Waals surface area (Å²) in [6.45, 7) is 1.97. The zero-order valence-electron chi connectivity index (χ0n) is 13.3. The molecule has 0 fully saturated rings. The van der Waals surface area contributed by atoms with Crippen molar-refractivity contribution in [1.82, 2.24) is 19.6 Å². The Hall–Kier alpha value is -2.43. The Kier molecular flexibility index (Phi) is 2.71. The van der Waals surface area contributed by atoms with E-state index in [9.17, 15) is 0 Å². The molecular formula is C18H19N5. The van der Waals surface area contributed by atoms with E-state index in [0.29, 0.717) is 11.7 Å². The van der Waals surface area contributed by atoms with Crippen molar-refractivity contribution < 1.29 is 0 Å². The van der Waals surface area contributed by atoms with Crippen LogP contribution >= 0.6 is 0 Å². The quantitative estimate of drug-likeness (QED) is 0.790. The zero-order chi connectivity index (χ0) is 15.4. The molecule has 1 N–H and O–H groups in total. The molecule has 0 radical (unpaired) electrons. The van der Waals surface area contributed by atoms with Crippen molar-refractivity contribution in [3.05, 3.63) is 46.3 Å². The summed E-state index contributed by atoms with van der Waals surface area (Å²) in [5.41, 5.74) is 8.23. The highest BCUT2D eigenvalue weighted by molar-refractivity contribution is 5.70. The lowest BCUT2D eigenvalue weighted by Crippen LogP contribution is -2.03. The van der Waals surface area contributed by atoms with Crippen molar-refractivity contribution in [2.24, 2.45) is 0 Å². The molecule has 0 unspecified atom stereocenters. The number of fused-ring (bicyclic) bond motifs is 3. The van der Waals surface area contributed by atoms with Gasteiger partial charge < -0.3 is 5.32 Å². The number of benzene rings is 1. The Morgan fingerprint density at radius 2 is 1.74 bits per heavy atom. The minimum absolute atomic E-state index is 0.650. The Labute approximate surface area is 134 Å². The average molecular weight is 305 g/mol. The van der Waals surface area contributed by atoms with Crippen LogP contribution in [-0.4, -0.2) is 19.6 Å². The van der Waals surface area contributed by atoms with Crippen LogP contribution < -0.4 is 5.32 Å². The van der Waals surface area contributed by atoms with Gasteiger partial charge in [0.25, 0.3) is 5.78 Å². The molecule has 0 atom stereocenters. The first-order chi connectivity index (χ1) is 11.3. The fourth-order valence-electron chi connectivity index (χ4n) is 4.00. The molecule has 0 spiro atoms. The number of nitrogens with zero attached hydrogens (tertiary/aromatic N) is 4. The van der Waals surface area contributed by atoms with Gasteiger partial charge in [-0.1, -0.05) is 6.07 Å². The molecule has 5 rings (SSSR count). The maximum Gasteiger partial charge on any atom is 0.254 e. The number of nitrogens with one attached hydrogen (secondary N) is 1. The van der Waals surface area contributed by atoms with Crippen molar-refractivity contribution in [3.63, 3.8) is 0 Å². The highest BCUT2D eigenvalue weighted by Crippen LogP contribution is 2.39. The number of aromatic nitrogens is 4. The molecule has 0 saturated heterocycles. The second-order valence-corrected chi connectivity index (χ2v) is 6.61. The van der Waals surface area contributed by atoms with Gasteiger partial charge in [-0.15, -0.1) is 5.10 Å². The van der Waals surface area contributed by atoms with Gasteiger partial charge in [0.15, 0.2) is 0 Å². The van der Waals surface area contributed by atoms with Crippen molar-refractivity contribution >= 4 is 17.4 Å². The van der Waals surface area contributed by atoms with Crippen molar-refractivity contribution in [1.29, 1.82) is 0 Å². The van der Waals surface area contributed by atoms with Crippen LogP contribution in [0.25, 0.3) is 5.78 Å². The number of hydrogen-bond acceptors (Lipinski definition) is 4. The van der Waals surface area contributed by atoms with Crippen molar-refractivity contribution in [2.75, 3.05) is 5.32 Å². The topological polar surface area (TPSA) is 55.1 Å². The first kappa shape index (κ1) is 13.0. The predicted molar refractivity (Wildman–Crippen MR) is 89.3 cm³/mol. The summed E-state index contributed by atoms with van der Waals surface area (Å²) >= 11 is 0. The van der Waals surface area contributed by atoms with E-state index in [1.165, 1.54) is 53.6 Å². The molecule has 0 bridgehead atoms. The highest BCUT2D eigenvalue weighted by Gasteiger charge is 2.24. The van der Waals surface area contributed by atoms with Gasteiger partial charge in [-0.25, -0.2) is 9.50 Å². The second kappa shape index (κ2) is 4.78. The summed E-state index contributed by atoms with van der Waals surface area (Å²) < 4.78 is 1.73. The van der Waals surface area contributed by atoms with E-state index in [4.69, 9.17) is 0 Å². The maximum atomic E-state index is 4.55. The summed E-state index contributed by atoms with van der Waals surface area (Å²) in [6, 6.07) is 4.39. The molecule has 23 heavy (non-hydrogen) atoms. The van der Waals surface area contributed by atoms with E-state index in [1.807, 2.05) is 19.2 Å². The first-order valence-corrected chi connectivity index (χ1v) is 8.41. The summed E-state index contributed by atoms with van der Waals surface area (Å²) in [6.07, 6.45) is 9.16. The molecule has 116 valence electrons. The van der Waals surface area contributed by atoms with Crippen LogP contribution in [0.2, 0.25) is 0 Å². The van der Waals surface area contributed by atoms with Crippen LogP contribution in [0.1, 0.15) is 40.8 Å². The second-order valence-electron chi connectivity index (χ2n) is 6.61. The summed E-state index contributed by atoms with van der Waals surface area (Å²) in [4.78, 5) is 8.98. The van der Waals surface area contributed by atoms with Gasteiger partial charge >= 0.3 is 0 Å². The van der Waals surface area contributed by atoms with Crippen molar-refractivity contribution in [3.8, 4) is 0 Å². The van der Waals surface area contributed by atoms with E-state index in [2.05, 4.69) is 26.4 Å². The number of hydrogen-bond donors (Lipinski definition) is 1. The predicted octanol–water partition coefficient (Wildman–Crippen LogP) is 3.15. The molecule has 2 heterocycles. The van der Waals surface area contributed by atoms with Gasteiger partial charge in [0.2, 0.25) is 5.95 Å². The average Bonchev–Trinajstić information content (AvgIpc) is 3.24. The molecule has 2 aliphatic rings. The molecule has 3 aromatic rings. The standard InChI is InChI=1S/C18H19N5/c1-11-8-9-23-18(19-11)21-17(22-23)20-16-14-6-2-4-12(14)10-13-5-3-7-15(13)16/h8-10H,2-7H2,1H3,(H,20,22). The SMILES string of the molecule is Cc1ccn2nc(Nc3c4c(cc5c3CCC5)CCC4)nc2n1. The van der Waals surface area contributed by atoms with Gasteiger partial charge in [0, 0.05) is 17.6 Å². The third-order valence-electron chi connectivity index (χ3n) is 5.06. The molecule has 0 aliphatic heterocycles. The minimum Gasteiger partial charge on any atom is -0.322 e. The molecule has 2 aromatic heterocycles. The van der Waals surface area contributed by atoms with Crippen LogP contribution in [0.15, 0.2) is 18.3 Å². The molecule has 2 aliphatic carbocycles. The van der Waals surface area contributed by atoms with Crippen LogP contribution in [0.4, 0.5) is 11.6 Å². The monoisotopic (exact) mass is 305 g/mol. The van der Waals surface area contributed by atoms with E-state index >= 15 is 0 Å². The fourth-order valence-corrected chi connectivity index (χ4v) is 4.00. The Balaban J connectivity index is 1.62. The molecule has 0 saturated carbocycles. The Bertz CT molecular complexity index is 893. The number of rotatable bonds is 2. The lowest BCUT2D eigenvalue weighted by atomic mass is 9.99. The zero-order valence-corrected chi connectivity index (χ0v) is 13.3.